The van der Waals surface area contributed by atoms with Crippen LogP contribution in [-0.2, 0) is 11.2 Å². The Morgan fingerprint density at radius 2 is 1.78 bits per heavy atom. The number of aromatic nitrogens is 2. The van der Waals surface area contributed by atoms with Crippen LogP contribution >= 0.6 is 0 Å². The van der Waals surface area contributed by atoms with Gasteiger partial charge in [-0.1, -0.05) is 60.7 Å². The molecule has 3 N–H and O–H groups in total. The molecule has 27 heavy (non-hydrogen) atoms. The lowest BCUT2D eigenvalue weighted by molar-refractivity contribution is -0.109. The maximum absolute atomic E-state index is 12.6. The fourth-order valence-electron chi connectivity index (χ4n) is 2.90. The van der Waals surface area contributed by atoms with Crippen LogP contribution in [0.2, 0.25) is 0 Å². The average molecular weight is 362 g/mol. The largest absolute Gasteiger partial charge is 0.396 e. The first-order valence-electron chi connectivity index (χ1n) is 8.78. The van der Waals surface area contributed by atoms with Crippen LogP contribution < -0.4 is 11.1 Å². The van der Waals surface area contributed by atoms with E-state index >= 15 is 0 Å². The molecule has 2 aromatic carbocycles. The Hall–Kier alpha value is -3.41. The van der Waals surface area contributed by atoms with Crippen molar-refractivity contribution < 1.29 is 9.59 Å². The zero-order valence-corrected chi connectivity index (χ0v) is 15.1. The fraction of sp³-hybridized carbons (Fsp3) is 0.190. The molecule has 0 aliphatic rings. The molecule has 2 atom stereocenters. The molecule has 0 radical (unpaired) electrons. The summed E-state index contributed by atoms with van der Waals surface area (Å²) in [7, 11) is 0. The van der Waals surface area contributed by atoms with Gasteiger partial charge in [0.05, 0.1) is 17.8 Å². The molecule has 1 heterocycles. The van der Waals surface area contributed by atoms with Crippen LogP contribution in [0.1, 0.15) is 34.6 Å². The van der Waals surface area contributed by atoms with Crippen LogP contribution in [0.25, 0.3) is 0 Å². The minimum absolute atomic E-state index is 0.0683. The molecule has 2 unspecified atom stereocenters. The second-order valence-electron chi connectivity index (χ2n) is 6.41. The molecule has 3 aromatic rings. The second kappa shape index (κ2) is 8.31. The summed E-state index contributed by atoms with van der Waals surface area (Å²) in [5.74, 6) is -0.459. The number of nitrogens with one attached hydrogen (secondary N) is 1. The highest BCUT2D eigenvalue weighted by molar-refractivity contribution is 5.98. The van der Waals surface area contributed by atoms with E-state index in [2.05, 4.69) is 10.4 Å². The SMILES string of the molecule is CC(c1ccccc1)n1cc(N)c(C(=O)NC(C=O)Cc2ccccc2)n1. The summed E-state index contributed by atoms with van der Waals surface area (Å²) in [4.78, 5) is 24.0. The molecule has 0 bridgehead atoms. The summed E-state index contributed by atoms with van der Waals surface area (Å²) in [5, 5.41) is 7.05. The van der Waals surface area contributed by atoms with Crippen molar-refractivity contribution in [1.29, 1.82) is 0 Å². The Balaban J connectivity index is 1.73. The zero-order valence-electron chi connectivity index (χ0n) is 15.1. The number of aldehydes is 1. The lowest BCUT2D eigenvalue weighted by atomic mass is 10.1. The van der Waals surface area contributed by atoms with Gasteiger partial charge >= 0.3 is 0 Å². The molecule has 0 aliphatic heterocycles. The van der Waals surface area contributed by atoms with Crippen molar-refractivity contribution in [3.8, 4) is 0 Å². The summed E-state index contributed by atoms with van der Waals surface area (Å²) >= 11 is 0. The lowest BCUT2D eigenvalue weighted by Gasteiger charge is -2.13. The third-order valence-corrected chi connectivity index (χ3v) is 4.43. The summed E-state index contributed by atoms with van der Waals surface area (Å²) in [6, 6.07) is 18.6. The number of carbonyl (C=O) groups is 2. The number of anilines is 1. The first-order chi connectivity index (χ1) is 13.1. The number of hydrogen-bond acceptors (Lipinski definition) is 4. The van der Waals surface area contributed by atoms with Gasteiger partial charge in [0.1, 0.15) is 6.29 Å². The van der Waals surface area contributed by atoms with Crippen molar-refractivity contribution in [3.63, 3.8) is 0 Å². The van der Waals surface area contributed by atoms with Gasteiger partial charge in [0.15, 0.2) is 5.69 Å². The van der Waals surface area contributed by atoms with E-state index in [-0.39, 0.29) is 17.4 Å². The highest BCUT2D eigenvalue weighted by atomic mass is 16.2. The topological polar surface area (TPSA) is 90.0 Å². The molecule has 138 valence electrons. The summed E-state index contributed by atoms with van der Waals surface area (Å²) in [5.41, 5.74) is 8.42. The molecule has 6 nitrogen and oxygen atoms in total. The molecule has 1 amide bonds. The van der Waals surface area contributed by atoms with Crippen LogP contribution in [0.15, 0.2) is 66.9 Å². The molecule has 1 aromatic heterocycles. The van der Waals surface area contributed by atoms with E-state index < -0.39 is 11.9 Å². The van der Waals surface area contributed by atoms with Gasteiger partial charge in [-0.2, -0.15) is 5.10 Å². The standard InChI is InChI=1S/C21H22N4O2/c1-15(17-10-6-3-7-11-17)25-13-19(22)20(24-25)21(27)23-18(14-26)12-16-8-4-2-5-9-16/h2-11,13-15,18H,12,22H2,1H3,(H,23,27). The monoisotopic (exact) mass is 362 g/mol. The molecular weight excluding hydrogens is 340 g/mol. The molecule has 0 saturated carbocycles. The Bertz CT molecular complexity index is 906. The minimum atomic E-state index is -0.643. The first kappa shape index (κ1) is 18.4. The summed E-state index contributed by atoms with van der Waals surface area (Å²) in [6.07, 6.45) is 2.78. The predicted molar refractivity (Wildman–Crippen MR) is 104 cm³/mol. The average Bonchev–Trinajstić information content (AvgIpc) is 3.10. The predicted octanol–water partition coefficient (Wildman–Crippen LogP) is 2.61. The maximum Gasteiger partial charge on any atom is 0.274 e. The quantitative estimate of drug-likeness (QED) is 0.632. The van der Waals surface area contributed by atoms with E-state index in [1.165, 1.54) is 0 Å². The van der Waals surface area contributed by atoms with Crippen LogP contribution in [0.3, 0.4) is 0 Å². The third-order valence-electron chi connectivity index (χ3n) is 4.43. The zero-order chi connectivity index (χ0) is 19.2. The van der Waals surface area contributed by atoms with Gasteiger partial charge in [0, 0.05) is 6.20 Å². The molecular formula is C21H22N4O2. The number of amides is 1. The molecule has 0 aliphatic carbocycles. The maximum atomic E-state index is 12.6. The Kier molecular flexibility index (Phi) is 5.66. The highest BCUT2D eigenvalue weighted by Crippen LogP contribution is 2.20. The number of nitrogen functional groups attached to an aromatic ring is 1. The summed E-state index contributed by atoms with van der Waals surface area (Å²) < 4.78 is 1.66. The highest BCUT2D eigenvalue weighted by Gasteiger charge is 2.20. The third kappa shape index (κ3) is 4.41. The Morgan fingerprint density at radius 3 is 2.41 bits per heavy atom. The van der Waals surface area contributed by atoms with Crippen molar-refractivity contribution >= 4 is 17.9 Å². The number of benzene rings is 2. The van der Waals surface area contributed by atoms with Gasteiger partial charge < -0.3 is 15.8 Å². The van der Waals surface area contributed by atoms with Gasteiger partial charge in [0.25, 0.3) is 5.91 Å². The van der Waals surface area contributed by atoms with E-state index in [1.807, 2.05) is 67.6 Å². The number of rotatable bonds is 7. The first-order valence-corrected chi connectivity index (χ1v) is 8.78. The van der Waals surface area contributed by atoms with Gasteiger partial charge in [-0.3, -0.25) is 9.48 Å². The van der Waals surface area contributed by atoms with Crippen LogP contribution in [0.4, 0.5) is 5.69 Å². The summed E-state index contributed by atoms with van der Waals surface area (Å²) in [6.45, 7) is 1.98. The number of carbonyl (C=O) groups excluding carboxylic acids is 2. The van der Waals surface area contributed by atoms with Crippen molar-refractivity contribution in [2.24, 2.45) is 0 Å². The van der Waals surface area contributed by atoms with E-state index in [4.69, 9.17) is 5.73 Å². The van der Waals surface area contributed by atoms with Gasteiger partial charge in [-0.15, -0.1) is 0 Å². The van der Waals surface area contributed by atoms with Gasteiger partial charge in [-0.05, 0) is 24.5 Å². The van der Waals surface area contributed by atoms with E-state index in [1.54, 1.807) is 10.9 Å². The number of nitrogens with zero attached hydrogens (tertiary/aromatic N) is 2. The van der Waals surface area contributed by atoms with Crippen molar-refractivity contribution in [2.75, 3.05) is 5.73 Å². The molecule has 3 rings (SSSR count). The van der Waals surface area contributed by atoms with Gasteiger partial charge in [0.2, 0.25) is 0 Å². The van der Waals surface area contributed by atoms with E-state index in [9.17, 15) is 9.59 Å². The van der Waals surface area contributed by atoms with E-state index in [0.29, 0.717) is 6.42 Å². The van der Waals surface area contributed by atoms with E-state index in [0.717, 1.165) is 17.4 Å². The molecule has 6 heteroatoms. The van der Waals surface area contributed by atoms with Crippen molar-refractivity contribution in [3.05, 3.63) is 83.7 Å². The van der Waals surface area contributed by atoms with Crippen LogP contribution in [0.5, 0.6) is 0 Å². The molecule has 0 spiro atoms. The Morgan fingerprint density at radius 1 is 1.15 bits per heavy atom. The van der Waals surface area contributed by atoms with Crippen molar-refractivity contribution in [2.45, 2.75) is 25.4 Å². The smallest absolute Gasteiger partial charge is 0.274 e. The minimum Gasteiger partial charge on any atom is -0.396 e. The molecule has 0 saturated heterocycles. The fourth-order valence-corrected chi connectivity index (χ4v) is 2.90. The van der Waals surface area contributed by atoms with Gasteiger partial charge in [-0.25, -0.2) is 0 Å². The molecule has 0 fully saturated rings. The van der Waals surface area contributed by atoms with Crippen LogP contribution in [-0.4, -0.2) is 28.0 Å². The number of hydrogen-bond donors (Lipinski definition) is 2. The van der Waals surface area contributed by atoms with Crippen molar-refractivity contribution in [1.82, 2.24) is 15.1 Å². The normalized spacial score (nSPS) is 12.9. The Labute approximate surface area is 158 Å². The van der Waals surface area contributed by atoms with Crippen LogP contribution in [0, 0.1) is 0 Å². The second-order valence-corrected chi connectivity index (χ2v) is 6.41. The lowest BCUT2D eigenvalue weighted by Crippen LogP contribution is -2.38. The number of nitrogens with two attached hydrogens (primary N) is 1.